The predicted molar refractivity (Wildman–Crippen MR) is 68.9 cm³/mol. The molecule has 0 unspecified atom stereocenters. The van der Waals surface area contributed by atoms with E-state index in [9.17, 15) is 4.79 Å². The van der Waals surface area contributed by atoms with Crippen LogP contribution >= 0.6 is 0 Å². The van der Waals surface area contributed by atoms with Crippen molar-refractivity contribution in [2.24, 2.45) is 5.73 Å². The molecule has 1 saturated heterocycles. The van der Waals surface area contributed by atoms with Crippen molar-refractivity contribution in [1.29, 1.82) is 0 Å². The fourth-order valence-electron chi connectivity index (χ4n) is 2.40. The normalized spacial score (nSPS) is 19.6. The van der Waals surface area contributed by atoms with Crippen LogP contribution in [0.4, 0.5) is 0 Å². The monoisotopic (exact) mass is 232 g/mol. The number of likely N-dealkylation sites (tertiary alicyclic amines) is 1. The number of nitrogens with two attached hydrogens (primary N) is 1. The van der Waals surface area contributed by atoms with Gasteiger partial charge in [0.05, 0.1) is 0 Å². The fourth-order valence-corrected chi connectivity index (χ4v) is 2.40. The summed E-state index contributed by atoms with van der Waals surface area (Å²) in [4.78, 5) is 14.2. The second-order valence-electron chi connectivity index (χ2n) is 4.58. The third kappa shape index (κ3) is 2.50. The maximum Gasteiger partial charge on any atom is 0.254 e. The first-order valence-electron chi connectivity index (χ1n) is 6.36. The molecule has 0 radical (unpaired) electrons. The van der Waals surface area contributed by atoms with Gasteiger partial charge in [0, 0.05) is 24.7 Å². The first kappa shape index (κ1) is 12.1. The summed E-state index contributed by atoms with van der Waals surface area (Å²) in [6, 6.07) is 8.13. The molecule has 92 valence electrons. The fraction of sp³-hybridized carbons (Fsp3) is 0.500. The Bertz CT molecular complexity index is 386. The molecule has 3 heteroatoms. The summed E-state index contributed by atoms with van der Waals surface area (Å²) < 4.78 is 0. The lowest BCUT2D eigenvalue weighted by atomic mass is 10.1. The first-order valence-corrected chi connectivity index (χ1v) is 6.36. The highest BCUT2D eigenvalue weighted by Crippen LogP contribution is 2.19. The van der Waals surface area contributed by atoms with Crippen LogP contribution in [0, 0.1) is 0 Å². The van der Waals surface area contributed by atoms with Crippen molar-refractivity contribution in [2.75, 3.05) is 13.1 Å². The molecule has 1 amide bonds. The number of carbonyl (C=O) groups is 1. The summed E-state index contributed by atoms with van der Waals surface area (Å²) >= 11 is 0. The van der Waals surface area contributed by atoms with Gasteiger partial charge in [0.25, 0.3) is 5.91 Å². The van der Waals surface area contributed by atoms with E-state index < -0.39 is 0 Å². The van der Waals surface area contributed by atoms with Crippen molar-refractivity contribution in [1.82, 2.24) is 4.90 Å². The summed E-state index contributed by atoms with van der Waals surface area (Å²) in [7, 11) is 0. The van der Waals surface area contributed by atoms with Gasteiger partial charge in [-0.2, -0.15) is 0 Å². The third-order valence-corrected chi connectivity index (χ3v) is 3.52. The van der Waals surface area contributed by atoms with Gasteiger partial charge in [-0.05, 0) is 37.0 Å². The van der Waals surface area contributed by atoms with E-state index in [-0.39, 0.29) is 11.9 Å². The van der Waals surface area contributed by atoms with Crippen molar-refractivity contribution >= 4 is 5.91 Å². The Balaban J connectivity index is 2.13. The van der Waals surface area contributed by atoms with Gasteiger partial charge in [-0.25, -0.2) is 0 Å². The van der Waals surface area contributed by atoms with Crippen LogP contribution in [-0.2, 0) is 6.42 Å². The SMILES string of the molecule is CCc1ccc(C(=O)N2CCC[C@@H]2CN)cc1. The molecule has 0 bridgehead atoms. The van der Waals surface area contributed by atoms with Gasteiger partial charge in [-0.1, -0.05) is 19.1 Å². The number of hydrogen-bond donors (Lipinski definition) is 1. The maximum atomic E-state index is 12.3. The van der Waals surface area contributed by atoms with Crippen molar-refractivity contribution in [2.45, 2.75) is 32.2 Å². The average molecular weight is 232 g/mol. The van der Waals surface area contributed by atoms with Crippen molar-refractivity contribution in [3.8, 4) is 0 Å². The largest absolute Gasteiger partial charge is 0.334 e. The molecule has 3 nitrogen and oxygen atoms in total. The average Bonchev–Trinajstić information content (AvgIpc) is 2.86. The zero-order valence-corrected chi connectivity index (χ0v) is 10.4. The van der Waals surface area contributed by atoms with Gasteiger partial charge in [-0.3, -0.25) is 4.79 Å². The van der Waals surface area contributed by atoms with Crippen LogP contribution in [0.15, 0.2) is 24.3 Å². The van der Waals surface area contributed by atoms with Crippen LogP contribution in [0.1, 0.15) is 35.7 Å². The van der Waals surface area contributed by atoms with E-state index in [0.717, 1.165) is 31.4 Å². The number of amides is 1. The zero-order valence-electron chi connectivity index (χ0n) is 10.4. The Kier molecular flexibility index (Phi) is 3.79. The van der Waals surface area contributed by atoms with Crippen LogP contribution < -0.4 is 5.73 Å². The molecule has 1 aliphatic rings. The minimum Gasteiger partial charge on any atom is -0.334 e. The summed E-state index contributed by atoms with van der Waals surface area (Å²) in [5.74, 6) is 0.126. The second kappa shape index (κ2) is 5.32. The Morgan fingerprint density at radius 2 is 2.12 bits per heavy atom. The molecule has 0 aliphatic carbocycles. The molecular formula is C14H20N2O. The van der Waals surface area contributed by atoms with Crippen molar-refractivity contribution in [3.63, 3.8) is 0 Å². The van der Waals surface area contributed by atoms with E-state index >= 15 is 0 Å². The molecule has 1 heterocycles. The molecule has 0 aromatic heterocycles. The molecule has 1 fully saturated rings. The van der Waals surface area contributed by atoms with Crippen molar-refractivity contribution < 1.29 is 4.79 Å². The molecule has 17 heavy (non-hydrogen) atoms. The van der Waals surface area contributed by atoms with Gasteiger partial charge < -0.3 is 10.6 Å². The van der Waals surface area contributed by atoms with E-state index in [2.05, 4.69) is 6.92 Å². The number of rotatable bonds is 3. The number of nitrogens with zero attached hydrogens (tertiary/aromatic N) is 1. The summed E-state index contributed by atoms with van der Waals surface area (Å²) in [5, 5.41) is 0. The molecule has 2 rings (SSSR count). The highest BCUT2D eigenvalue weighted by atomic mass is 16.2. The van der Waals surface area contributed by atoms with Crippen LogP contribution in [0.3, 0.4) is 0 Å². The molecule has 0 saturated carbocycles. The Hall–Kier alpha value is -1.35. The van der Waals surface area contributed by atoms with E-state index in [4.69, 9.17) is 5.73 Å². The Morgan fingerprint density at radius 1 is 1.41 bits per heavy atom. The Labute approximate surface area is 103 Å². The summed E-state index contributed by atoms with van der Waals surface area (Å²) in [5.41, 5.74) is 7.73. The smallest absolute Gasteiger partial charge is 0.254 e. The van der Waals surface area contributed by atoms with Crippen LogP contribution in [0.25, 0.3) is 0 Å². The molecule has 1 aromatic carbocycles. The lowest BCUT2D eigenvalue weighted by Gasteiger charge is -2.23. The lowest BCUT2D eigenvalue weighted by molar-refractivity contribution is 0.0741. The van der Waals surface area contributed by atoms with Gasteiger partial charge in [0.2, 0.25) is 0 Å². The quantitative estimate of drug-likeness (QED) is 0.864. The molecule has 0 spiro atoms. The maximum absolute atomic E-state index is 12.3. The van der Waals surface area contributed by atoms with Gasteiger partial charge in [0.15, 0.2) is 0 Å². The number of carbonyl (C=O) groups excluding carboxylic acids is 1. The first-order chi connectivity index (χ1) is 8.26. The van der Waals surface area contributed by atoms with Gasteiger partial charge in [-0.15, -0.1) is 0 Å². The number of aryl methyl sites for hydroxylation is 1. The highest BCUT2D eigenvalue weighted by Gasteiger charge is 2.27. The molecule has 2 N–H and O–H groups in total. The molecule has 1 aromatic rings. The summed E-state index contributed by atoms with van der Waals surface area (Å²) in [6.45, 7) is 3.52. The van der Waals surface area contributed by atoms with E-state index in [1.165, 1.54) is 5.56 Å². The number of benzene rings is 1. The Morgan fingerprint density at radius 3 is 2.71 bits per heavy atom. The van der Waals surface area contributed by atoms with E-state index in [1.54, 1.807) is 0 Å². The second-order valence-corrected chi connectivity index (χ2v) is 4.58. The highest BCUT2D eigenvalue weighted by molar-refractivity contribution is 5.94. The molecule has 1 atom stereocenters. The van der Waals surface area contributed by atoms with Gasteiger partial charge in [0.1, 0.15) is 0 Å². The number of hydrogen-bond acceptors (Lipinski definition) is 2. The third-order valence-electron chi connectivity index (χ3n) is 3.52. The zero-order chi connectivity index (χ0) is 12.3. The van der Waals surface area contributed by atoms with Crippen molar-refractivity contribution in [3.05, 3.63) is 35.4 Å². The topological polar surface area (TPSA) is 46.3 Å². The van der Waals surface area contributed by atoms with Crippen LogP contribution in [0.5, 0.6) is 0 Å². The van der Waals surface area contributed by atoms with E-state index in [1.807, 2.05) is 29.2 Å². The predicted octanol–water partition coefficient (Wildman–Crippen LogP) is 1.81. The van der Waals surface area contributed by atoms with Crippen LogP contribution in [-0.4, -0.2) is 29.9 Å². The van der Waals surface area contributed by atoms with E-state index in [0.29, 0.717) is 6.54 Å². The standard InChI is InChI=1S/C14H20N2O/c1-2-11-5-7-12(8-6-11)14(17)16-9-3-4-13(16)10-15/h5-8,13H,2-4,9-10,15H2,1H3/t13-/m1/s1. The summed E-state index contributed by atoms with van der Waals surface area (Å²) in [6.07, 6.45) is 3.11. The lowest BCUT2D eigenvalue weighted by Crippen LogP contribution is -2.39. The van der Waals surface area contributed by atoms with Crippen LogP contribution in [0.2, 0.25) is 0 Å². The minimum atomic E-state index is 0.126. The molecule has 1 aliphatic heterocycles. The van der Waals surface area contributed by atoms with Gasteiger partial charge >= 0.3 is 0 Å². The minimum absolute atomic E-state index is 0.126. The molecular weight excluding hydrogens is 212 g/mol.